The Hall–Kier alpha value is -3.53. The summed E-state index contributed by atoms with van der Waals surface area (Å²) in [5.74, 6) is -0.652. The van der Waals surface area contributed by atoms with Gasteiger partial charge in [0.2, 0.25) is 5.89 Å². The molecule has 4 rings (SSSR count). The number of carbonyl (C=O) groups excluding carboxylic acids is 2. The van der Waals surface area contributed by atoms with E-state index < -0.39 is 11.8 Å². The number of carbonyl (C=O) groups is 2. The van der Waals surface area contributed by atoms with Crippen LogP contribution in [0.2, 0.25) is 0 Å². The van der Waals surface area contributed by atoms with Crippen LogP contribution in [-0.2, 0) is 11.3 Å². The van der Waals surface area contributed by atoms with Gasteiger partial charge in [-0.25, -0.2) is 4.98 Å². The van der Waals surface area contributed by atoms with Crippen molar-refractivity contribution in [2.45, 2.75) is 19.9 Å². The Bertz CT molecular complexity index is 1050. The zero-order valence-electron chi connectivity index (χ0n) is 15.8. The molecule has 0 aromatic carbocycles. The molecule has 1 atom stereocenters. The molecule has 0 aliphatic carbocycles. The number of nitrogens with two attached hydrogens (primary N) is 1. The number of aryl methyl sites for hydroxylation is 1. The molecule has 29 heavy (non-hydrogen) atoms. The number of oxazole rings is 1. The Labute approximate surface area is 166 Å². The average molecular weight is 396 g/mol. The third-order valence-corrected chi connectivity index (χ3v) is 4.59. The highest BCUT2D eigenvalue weighted by Gasteiger charge is 2.22. The number of ether oxygens (including phenoxy) is 1. The number of pyridine rings is 1. The first-order valence-corrected chi connectivity index (χ1v) is 9.14. The normalized spacial score (nSPS) is 16.1. The van der Waals surface area contributed by atoms with Crippen molar-refractivity contribution in [3.8, 4) is 11.5 Å². The summed E-state index contributed by atoms with van der Waals surface area (Å²) in [5, 5.41) is 6.84. The Balaban J connectivity index is 1.52. The molecule has 3 aromatic rings. The summed E-state index contributed by atoms with van der Waals surface area (Å²) in [6.07, 6.45) is 5.40. The van der Waals surface area contributed by atoms with E-state index in [0.717, 1.165) is 12.1 Å². The molecule has 0 radical (unpaired) electrons. The predicted octanol–water partition coefficient (Wildman–Crippen LogP) is 1.63. The van der Waals surface area contributed by atoms with Crippen molar-refractivity contribution in [3.63, 3.8) is 0 Å². The van der Waals surface area contributed by atoms with Gasteiger partial charge in [-0.2, -0.15) is 5.10 Å². The molecule has 0 spiro atoms. The molecule has 1 saturated heterocycles. The second-order valence-electron chi connectivity index (χ2n) is 6.89. The predicted molar refractivity (Wildman–Crippen MR) is 102 cm³/mol. The number of nitrogens with zero attached hydrogens (tertiary/aromatic N) is 4. The van der Waals surface area contributed by atoms with E-state index in [9.17, 15) is 9.59 Å². The summed E-state index contributed by atoms with van der Waals surface area (Å²) < 4.78 is 12.4. The van der Waals surface area contributed by atoms with Crippen LogP contribution in [0.4, 0.5) is 5.69 Å². The van der Waals surface area contributed by atoms with E-state index in [1.807, 2.05) is 6.92 Å². The first-order chi connectivity index (χ1) is 14.0. The van der Waals surface area contributed by atoms with Gasteiger partial charge in [-0.15, -0.1) is 0 Å². The van der Waals surface area contributed by atoms with Crippen LogP contribution in [0.1, 0.15) is 33.1 Å². The fourth-order valence-corrected chi connectivity index (χ4v) is 3.16. The van der Waals surface area contributed by atoms with Gasteiger partial charge in [0.25, 0.3) is 11.8 Å². The maximum absolute atomic E-state index is 12.6. The second kappa shape index (κ2) is 7.84. The first-order valence-electron chi connectivity index (χ1n) is 9.14. The van der Waals surface area contributed by atoms with E-state index in [0.29, 0.717) is 37.1 Å². The van der Waals surface area contributed by atoms with Crippen LogP contribution in [-0.4, -0.2) is 44.8 Å². The molecule has 10 nitrogen and oxygen atoms in total. The second-order valence-corrected chi connectivity index (χ2v) is 6.89. The lowest BCUT2D eigenvalue weighted by Gasteiger charge is -2.06. The van der Waals surface area contributed by atoms with Crippen molar-refractivity contribution >= 4 is 17.5 Å². The smallest absolute Gasteiger partial charge is 0.277 e. The van der Waals surface area contributed by atoms with Gasteiger partial charge in [0.15, 0.2) is 11.4 Å². The van der Waals surface area contributed by atoms with Crippen LogP contribution in [0.3, 0.4) is 0 Å². The zero-order valence-corrected chi connectivity index (χ0v) is 15.8. The summed E-state index contributed by atoms with van der Waals surface area (Å²) in [5.41, 5.74) is 7.22. The quantitative estimate of drug-likeness (QED) is 0.646. The van der Waals surface area contributed by atoms with Gasteiger partial charge >= 0.3 is 0 Å². The third-order valence-electron chi connectivity index (χ3n) is 4.59. The van der Waals surface area contributed by atoms with Gasteiger partial charge in [0.1, 0.15) is 6.26 Å². The van der Waals surface area contributed by atoms with E-state index in [1.165, 1.54) is 6.26 Å². The number of rotatable bonds is 6. The summed E-state index contributed by atoms with van der Waals surface area (Å²) in [4.78, 5) is 32.7. The van der Waals surface area contributed by atoms with Crippen LogP contribution in [0.15, 0.2) is 35.2 Å². The van der Waals surface area contributed by atoms with Crippen molar-refractivity contribution in [2.24, 2.45) is 11.7 Å². The van der Waals surface area contributed by atoms with Gasteiger partial charge in [-0.1, -0.05) is 0 Å². The lowest BCUT2D eigenvalue weighted by atomic mass is 10.1. The minimum absolute atomic E-state index is 0.00857. The van der Waals surface area contributed by atoms with Gasteiger partial charge in [-0.05, 0) is 25.5 Å². The minimum atomic E-state index is -0.727. The number of primary amides is 1. The lowest BCUT2D eigenvalue weighted by Crippen LogP contribution is -2.18. The van der Waals surface area contributed by atoms with Crippen LogP contribution in [0, 0.1) is 12.8 Å². The summed E-state index contributed by atoms with van der Waals surface area (Å²) in [6, 6.07) is 3.54. The van der Waals surface area contributed by atoms with Crippen molar-refractivity contribution < 1.29 is 18.7 Å². The highest BCUT2D eigenvalue weighted by Crippen LogP contribution is 2.21. The number of anilines is 1. The Kier molecular flexibility index (Phi) is 5.09. The van der Waals surface area contributed by atoms with Gasteiger partial charge in [0, 0.05) is 42.7 Å². The number of aromatic nitrogens is 4. The van der Waals surface area contributed by atoms with Crippen LogP contribution < -0.4 is 11.1 Å². The maximum Gasteiger partial charge on any atom is 0.277 e. The number of amides is 2. The molecule has 2 amide bonds. The van der Waals surface area contributed by atoms with E-state index in [2.05, 4.69) is 20.4 Å². The first kappa shape index (κ1) is 18.8. The number of nitrogens with one attached hydrogen (secondary N) is 1. The molecule has 150 valence electrons. The minimum Gasteiger partial charge on any atom is -0.444 e. The fraction of sp³-hybridized carbons (Fsp3) is 0.316. The lowest BCUT2D eigenvalue weighted by molar-refractivity contribution is 0.0995. The van der Waals surface area contributed by atoms with Crippen molar-refractivity contribution in [2.75, 3.05) is 18.5 Å². The molecular formula is C19H20N6O4. The van der Waals surface area contributed by atoms with Crippen LogP contribution in [0.25, 0.3) is 11.5 Å². The maximum atomic E-state index is 12.6. The van der Waals surface area contributed by atoms with Gasteiger partial charge < -0.3 is 20.2 Å². The van der Waals surface area contributed by atoms with Crippen LogP contribution in [0.5, 0.6) is 0 Å². The Morgan fingerprint density at radius 3 is 3.00 bits per heavy atom. The van der Waals surface area contributed by atoms with E-state index in [4.69, 9.17) is 14.9 Å². The monoisotopic (exact) mass is 396 g/mol. The molecule has 0 bridgehead atoms. The van der Waals surface area contributed by atoms with E-state index >= 15 is 0 Å². The zero-order chi connectivity index (χ0) is 20.4. The summed E-state index contributed by atoms with van der Waals surface area (Å²) >= 11 is 0. The SMILES string of the molecule is Cc1cc(-c2nc(C(=O)Nc3cn(C[C@H]4CCOC4)nc3C(N)=O)co2)ccn1. The molecule has 1 fully saturated rings. The Morgan fingerprint density at radius 1 is 1.41 bits per heavy atom. The van der Waals surface area contributed by atoms with Crippen molar-refractivity contribution in [3.05, 3.63) is 47.9 Å². The van der Waals surface area contributed by atoms with Crippen molar-refractivity contribution in [1.29, 1.82) is 0 Å². The van der Waals surface area contributed by atoms with E-state index in [1.54, 1.807) is 29.2 Å². The Morgan fingerprint density at radius 2 is 2.28 bits per heavy atom. The molecule has 4 heterocycles. The average Bonchev–Trinajstić information content (AvgIpc) is 3.42. The highest BCUT2D eigenvalue weighted by molar-refractivity contribution is 6.07. The summed E-state index contributed by atoms with van der Waals surface area (Å²) in [6.45, 7) is 3.78. The molecule has 0 unspecified atom stereocenters. The molecule has 3 N–H and O–H groups in total. The molecular weight excluding hydrogens is 376 g/mol. The third kappa shape index (κ3) is 4.16. The van der Waals surface area contributed by atoms with E-state index in [-0.39, 0.29) is 17.1 Å². The molecule has 1 aliphatic heterocycles. The molecule has 0 saturated carbocycles. The molecule has 3 aromatic heterocycles. The molecule has 1 aliphatic rings. The largest absolute Gasteiger partial charge is 0.444 e. The standard InChI is InChI=1S/C19H20N6O4/c1-11-6-13(2-4-21-11)19-23-15(10-29-19)18(27)22-14-8-25(24-16(14)17(20)26)7-12-3-5-28-9-12/h2,4,6,8,10,12H,3,5,7,9H2,1H3,(H2,20,26)(H,22,27)/t12-/m1/s1. The molecule has 10 heteroatoms. The summed E-state index contributed by atoms with van der Waals surface area (Å²) in [7, 11) is 0. The van der Waals surface area contributed by atoms with Gasteiger partial charge in [0.05, 0.1) is 12.3 Å². The topological polar surface area (TPSA) is 138 Å². The number of hydrogen-bond acceptors (Lipinski definition) is 7. The van der Waals surface area contributed by atoms with Crippen molar-refractivity contribution in [1.82, 2.24) is 19.7 Å². The highest BCUT2D eigenvalue weighted by atomic mass is 16.5. The van der Waals surface area contributed by atoms with Crippen LogP contribution >= 0.6 is 0 Å². The number of hydrogen-bond donors (Lipinski definition) is 2. The fourth-order valence-electron chi connectivity index (χ4n) is 3.16. The van der Waals surface area contributed by atoms with Gasteiger partial charge in [-0.3, -0.25) is 19.3 Å².